The van der Waals surface area contributed by atoms with Gasteiger partial charge in [-0.05, 0) is 42.9 Å². The third-order valence-electron chi connectivity index (χ3n) is 3.87. The second kappa shape index (κ2) is 6.27. The summed E-state index contributed by atoms with van der Waals surface area (Å²) in [7, 11) is 0. The van der Waals surface area contributed by atoms with Gasteiger partial charge in [0.1, 0.15) is 0 Å². The molecular formula is C18H19NOS. The molecule has 0 spiro atoms. The molecule has 3 rings (SSSR count). The number of hydrogen-bond acceptors (Lipinski definition) is 2. The lowest BCUT2D eigenvalue weighted by atomic mass is 10.1. The van der Waals surface area contributed by atoms with Crippen molar-refractivity contribution in [2.24, 2.45) is 0 Å². The Morgan fingerprint density at radius 1 is 1.33 bits per heavy atom. The molecule has 2 heterocycles. The van der Waals surface area contributed by atoms with Gasteiger partial charge in [0.2, 0.25) is 5.91 Å². The fourth-order valence-electron chi connectivity index (χ4n) is 2.84. The Hall–Kier alpha value is -1.87. The molecule has 1 fully saturated rings. The Kier molecular flexibility index (Phi) is 4.20. The Labute approximate surface area is 129 Å². The van der Waals surface area contributed by atoms with E-state index in [4.69, 9.17) is 0 Å². The average Bonchev–Trinajstić information content (AvgIpc) is 3.14. The van der Waals surface area contributed by atoms with Gasteiger partial charge in [-0.2, -0.15) is 0 Å². The number of amides is 1. The zero-order chi connectivity index (χ0) is 14.7. The monoisotopic (exact) mass is 297 g/mol. The largest absolute Gasteiger partial charge is 0.331 e. The highest BCUT2D eigenvalue weighted by Crippen LogP contribution is 2.34. The van der Waals surface area contributed by atoms with Crippen LogP contribution in [0.25, 0.3) is 6.08 Å². The molecule has 1 unspecified atom stereocenters. The van der Waals surface area contributed by atoms with Gasteiger partial charge < -0.3 is 4.90 Å². The minimum Gasteiger partial charge on any atom is -0.331 e. The van der Waals surface area contributed by atoms with Crippen LogP contribution in [0.2, 0.25) is 0 Å². The summed E-state index contributed by atoms with van der Waals surface area (Å²) in [5.74, 6) is 0.118. The predicted octanol–water partition coefficient (Wildman–Crippen LogP) is 4.43. The van der Waals surface area contributed by atoms with Crippen LogP contribution in [-0.4, -0.2) is 17.4 Å². The van der Waals surface area contributed by atoms with E-state index in [0.717, 1.165) is 24.9 Å². The van der Waals surface area contributed by atoms with Gasteiger partial charge in [0.15, 0.2) is 0 Å². The molecule has 1 saturated heterocycles. The van der Waals surface area contributed by atoms with Gasteiger partial charge in [-0.3, -0.25) is 4.79 Å². The van der Waals surface area contributed by atoms with E-state index >= 15 is 0 Å². The van der Waals surface area contributed by atoms with Crippen molar-refractivity contribution in [3.63, 3.8) is 0 Å². The van der Waals surface area contributed by atoms with Crippen LogP contribution in [0, 0.1) is 6.92 Å². The van der Waals surface area contributed by atoms with Crippen molar-refractivity contribution < 1.29 is 4.79 Å². The van der Waals surface area contributed by atoms with E-state index in [-0.39, 0.29) is 11.9 Å². The quantitative estimate of drug-likeness (QED) is 0.767. The van der Waals surface area contributed by atoms with E-state index < -0.39 is 0 Å². The molecule has 21 heavy (non-hydrogen) atoms. The van der Waals surface area contributed by atoms with E-state index in [1.165, 1.54) is 10.4 Å². The molecule has 108 valence electrons. The first-order chi connectivity index (χ1) is 10.2. The molecule has 1 aromatic heterocycles. The molecule has 2 aromatic rings. The number of aryl methyl sites for hydroxylation is 1. The van der Waals surface area contributed by atoms with Crippen molar-refractivity contribution in [1.82, 2.24) is 4.90 Å². The van der Waals surface area contributed by atoms with Crippen molar-refractivity contribution in [2.45, 2.75) is 25.8 Å². The molecule has 0 aliphatic carbocycles. The molecule has 1 aliphatic heterocycles. The van der Waals surface area contributed by atoms with Gasteiger partial charge in [-0.15, -0.1) is 11.3 Å². The lowest BCUT2D eigenvalue weighted by Gasteiger charge is -2.22. The number of carbonyl (C=O) groups is 1. The smallest absolute Gasteiger partial charge is 0.247 e. The fraction of sp³-hybridized carbons (Fsp3) is 0.278. The Morgan fingerprint density at radius 3 is 3.00 bits per heavy atom. The van der Waals surface area contributed by atoms with Crippen LogP contribution >= 0.6 is 11.3 Å². The first kappa shape index (κ1) is 14.1. The topological polar surface area (TPSA) is 20.3 Å². The molecule has 0 radical (unpaired) electrons. The number of carbonyl (C=O) groups excluding carboxylic acids is 1. The van der Waals surface area contributed by atoms with Crippen LogP contribution in [0.5, 0.6) is 0 Å². The third-order valence-corrected chi connectivity index (χ3v) is 4.84. The summed E-state index contributed by atoms with van der Waals surface area (Å²) in [6.07, 6.45) is 5.79. The average molecular weight is 297 g/mol. The maximum atomic E-state index is 12.5. The number of rotatable bonds is 3. The van der Waals surface area contributed by atoms with Crippen LogP contribution in [0.1, 0.15) is 34.9 Å². The molecule has 0 N–H and O–H groups in total. The van der Waals surface area contributed by atoms with Gasteiger partial charge in [0.05, 0.1) is 6.04 Å². The second-order valence-electron chi connectivity index (χ2n) is 5.45. The highest BCUT2D eigenvalue weighted by atomic mass is 32.1. The standard InChI is InChI=1S/C18H19NOS/c1-14-5-2-6-15(13-14)9-10-18(20)19-11-3-7-16(19)17-8-4-12-21-17/h2,4-6,8-10,12-13,16H,3,7,11H2,1H3/b10-9+. The minimum atomic E-state index is 0.118. The number of thiophene rings is 1. The first-order valence-corrected chi connectivity index (χ1v) is 8.21. The maximum Gasteiger partial charge on any atom is 0.247 e. The summed E-state index contributed by atoms with van der Waals surface area (Å²) in [6, 6.07) is 12.6. The summed E-state index contributed by atoms with van der Waals surface area (Å²) >= 11 is 1.74. The summed E-state index contributed by atoms with van der Waals surface area (Å²) in [4.78, 5) is 15.7. The Balaban J connectivity index is 1.73. The Bertz CT molecular complexity index is 645. The molecule has 1 amide bonds. The van der Waals surface area contributed by atoms with Gasteiger partial charge in [0, 0.05) is 17.5 Å². The molecule has 1 atom stereocenters. The molecule has 1 aromatic carbocycles. The molecule has 2 nitrogen and oxygen atoms in total. The fourth-order valence-corrected chi connectivity index (χ4v) is 3.72. The molecule has 0 saturated carbocycles. The maximum absolute atomic E-state index is 12.5. The van der Waals surface area contributed by atoms with Crippen molar-refractivity contribution in [3.8, 4) is 0 Å². The minimum absolute atomic E-state index is 0.118. The molecular weight excluding hydrogens is 278 g/mol. The lowest BCUT2D eigenvalue weighted by molar-refractivity contribution is -0.126. The van der Waals surface area contributed by atoms with Crippen molar-refractivity contribution in [3.05, 3.63) is 63.9 Å². The molecule has 3 heteroatoms. The van der Waals surface area contributed by atoms with E-state index in [9.17, 15) is 4.79 Å². The van der Waals surface area contributed by atoms with Crippen LogP contribution in [0.15, 0.2) is 47.9 Å². The second-order valence-corrected chi connectivity index (χ2v) is 6.43. The zero-order valence-electron chi connectivity index (χ0n) is 12.2. The van der Waals surface area contributed by atoms with E-state index in [2.05, 4.69) is 36.6 Å². The van der Waals surface area contributed by atoms with Gasteiger partial charge in [-0.1, -0.05) is 35.9 Å². The van der Waals surface area contributed by atoms with Gasteiger partial charge in [0.25, 0.3) is 0 Å². The lowest BCUT2D eigenvalue weighted by Crippen LogP contribution is -2.28. The molecule has 1 aliphatic rings. The normalized spacial score (nSPS) is 18.5. The number of hydrogen-bond donors (Lipinski definition) is 0. The van der Waals surface area contributed by atoms with Crippen molar-refractivity contribution >= 4 is 23.3 Å². The van der Waals surface area contributed by atoms with Crippen LogP contribution in [0.3, 0.4) is 0 Å². The van der Waals surface area contributed by atoms with E-state index in [1.54, 1.807) is 17.4 Å². The first-order valence-electron chi connectivity index (χ1n) is 7.33. The summed E-state index contributed by atoms with van der Waals surface area (Å²) in [5, 5.41) is 2.08. The predicted molar refractivity (Wildman–Crippen MR) is 88.2 cm³/mol. The van der Waals surface area contributed by atoms with Crippen LogP contribution < -0.4 is 0 Å². The van der Waals surface area contributed by atoms with Crippen molar-refractivity contribution in [1.29, 1.82) is 0 Å². The Morgan fingerprint density at radius 2 is 2.24 bits per heavy atom. The zero-order valence-corrected chi connectivity index (χ0v) is 13.0. The summed E-state index contributed by atoms with van der Waals surface area (Å²) < 4.78 is 0. The number of nitrogens with zero attached hydrogens (tertiary/aromatic N) is 1. The van der Waals surface area contributed by atoms with E-state index in [1.807, 2.05) is 23.1 Å². The third kappa shape index (κ3) is 3.24. The number of benzene rings is 1. The van der Waals surface area contributed by atoms with E-state index in [0.29, 0.717) is 0 Å². The summed E-state index contributed by atoms with van der Waals surface area (Å²) in [6.45, 7) is 2.92. The number of likely N-dealkylation sites (tertiary alicyclic amines) is 1. The van der Waals surface area contributed by atoms with Gasteiger partial charge in [-0.25, -0.2) is 0 Å². The summed E-state index contributed by atoms with van der Waals surface area (Å²) in [5.41, 5.74) is 2.29. The highest BCUT2D eigenvalue weighted by Gasteiger charge is 2.29. The SMILES string of the molecule is Cc1cccc(/C=C/C(=O)N2CCCC2c2cccs2)c1. The highest BCUT2D eigenvalue weighted by molar-refractivity contribution is 7.10. The van der Waals surface area contributed by atoms with Crippen molar-refractivity contribution in [2.75, 3.05) is 6.54 Å². The van der Waals surface area contributed by atoms with Gasteiger partial charge >= 0.3 is 0 Å². The van der Waals surface area contributed by atoms with Crippen LogP contribution in [0.4, 0.5) is 0 Å². The molecule has 0 bridgehead atoms. The van der Waals surface area contributed by atoms with Crippen LogP contribution in [-0.2, 0) is 4.79 Å².